The Bertz CT molecular complexity index is 640. The summed E-state index contributed by atoms with van der Waals surface area (Å²) in [6.07, 6.45) is 4.62. The quantitative estimate of drug-likeness (QED) is 0.890. The molecule has 1 aliphatic carbocycles. The Kier molecular flexibility index (Phi) is 3.85. The van der Waals surface area contributed by atoms with E-state index < -0.39 is 0 Å². The summed E-state index contributed by atoms with van der Waals surface area (Å²) >= 11 is 6.13. The lowest BCUT2D eigenvalue weighted by Crippen LogP contribution is -2.23. The topological polar surface area (TPSA) is 54.0 Å². The highest BCUT2D eigenvalue weighted by molar-refractivity contribution is 6.35. The highest BCUT2D eigenvalue weighted by Gasteiger charge is 2.20. The third-order valence-electron chi connectivity index (χ3n) is 3.35. The van der Waals surface area contributed by atoms with Crippen molar-refractivity contribution in [1.82, 2.24) is 10.3 Å². The molecule has 0 spiro atoms. The zero-order valence-electron chi connectivity index (χ0n) is 11.0. The molecule has 0 aliphatic heterocycles. The van der Waals surface area contributed by atoms with Gasteiger partial charge in [-0.3, -0.25) is 9.78 Å². The summed E-state index contributed by atoms with van der Waals surface area (Å²) in [4.78, 5) is 16.2. The van der Waals surface area contributed by atoms with E-state index in [0.717, 1.165) is 17.4 Å². The van der Waals surface area contributed by atoms with Crippen LogP contribution in [0.1, 0.15) is 19.3 Å². The van der Waals surface area contributed by atoms with Crippen molar-refractivity contribution in [3.05, 3.63) is 35.5 Å². The Morgan fingerprint density at radius 2 is 2.20 bits per heavy atom. The second kappa shape index (κ2) is 5.77. The van der Waals surface area contributed by atoms with Gasteiger partial charge in [0.25, 0.3) is 0 Å². The highest BCUT2D eigenvalue weighted by Crippen LogP contribution is 2.28. The molecule has 0 radical (unpaired) electrons. The number of rotatable bonds is 5. The molecule has 1 aromatic carbocycles. The molecule has 1 aromatic heterocycles. The molecule has 0 saturated heterocycles. The van der Waals surface area contributed by atoms with Gasteiger partial charge in [0.15, 0.2) is 0 Å². The van der Waals surface area contributed by atoms with Gasteiger partial charge < -0.3 is 10.6 Å². The minimum atomic E-state index is -0.00701. The fourth-order valence-corrected chi connectivity index (χ4v) is 2.34. The van der Waals surface area contributed by atoms with Crippen LogP contribution in [-0.2, 0) is 4.79 Å². The van der Waals surface area contributed by atoms with E-state index in [-0.39, 0.29) is 5.91 Å². The SMILES string of the molecule is O=C(CCNC1CC1)Nc1ccc(Cl)c2cccnc12. The average Bonchev–Trinajstić information content (AvgIpc) is 3.27. The number of nitrogens with zero attached hydrogens (tertiary/aromatic N) is 1. The van der Waals surface area contributed by atoms with Crippen LogP contribution in [0.2, 0.25) is 5.02 Å². The number of fused-ring (bicyclic) bond motifs is 1. The molecule has 20 heavy (non-hydrogen) atoms. The number of hydrogen-bond acceptors (Lipinski definition) is 3. The number of nitrogens with one attached hydrogen (secondary N) is 2. The van der Waals surface area contributed by atoms with Gasteiger partial charge in [-0.15, -0.1) is 0 Å². The lowest BCUT2D eigenvalue weighted by Gasteiger charge is -2.09. The molecule has 4 nitrogen and oxygen atoms in total. The zero-order chi connectivity index (χ0) is 13.9. The molecular formula is C15H16ClN3O. The van der Waals surface area contributed by atoms with Gasteiger partial charge in [-0.2, -0.15) is 0 Å². The first kappa shape index (κ1) is 13.3. The molecule has 1 heterocycles. The number of benzene rings is 1. The monoisotopic (exact) mass is 289 g/mol. The van der Waals surface area contributed by atoms with E-state index in [2.05, 4.69) is 15.6 Å². The first-order valence-corrected chi connectivity index (χ1v) is 7.18. The largest absolute Gasteiger partial charge is 0.324 e. The van der Waals surface area contributed by atoms with E-state index in [4.69, 9.17) is 11.6 Å². The van der Waals surface area contributed by atoms with Crippen molar-refractivity contribution in [2.24, 2.45) is 0 Å². The van der Waals surface area contributed by atoms with Gasteiger partial charge >= 0.3 is 0 Å². The van der Waals surface area contributed by atoms with Crippen LogP contribution in [0.4, 0.5) is 5.69 Å². The Labute approximate surface area is 122 Å². The number of halogens is 1. The second-order valence-corrected chi connectivity index (χ2v) is 5.43. The van der Waals surface area contributed by atoms with Crippen molar-refractivity contribution < 1.29 is 4.79 Å². The molecule has 3 rings (SSSR count). The summed E-state index contributed by atoms with van der Waals surface area (Å²) in [7, 11) is 0. The molecule has 5 heteroatoms. The fourth-order valence-electron chi connectivity index (χ4n) is 2.13. The Hall–Kier alpha value is -1.65. The number of anilines is 1. The van der Waals surface area contributed by atoms with Crippen molar-refractivity contribution >= 4 is 34.1 Å². The maximum Gasteiger partial charge on any atom is 0.225 e. The Morgan fingerprint density at radius 1 is 1.35 bits per heavy atom. The van der Waals surface area contributed by atoms with Crippen LogP contribution in [0.5, 0.6) is 0 Å². The third-order valence-corrected chi connectivity index (χ3v) is 3.68. The maximum absolute atomic E-state index is 11.9. The molecular weight excluding hydrogens is 274 g/mol. The predicted molar refractivity (Wildman–Crippen MR) is 81.0 cm³/mol. The fraction of sp³-hybridized carbons (Fsp3) is 0.333. The maximum atomic E-state index is 11.9. The molecule has 1 fully saturated rings. The molecule has 0 atom stereocenters. The highest BCUT2D eigenvalue weighted by atomic mass is 35.5. The van der Waals surface area contributed by atoms with Crippen LogP contribution >= 0.6 is 11.6 Å². The number of carbonyl (C=O) groups is 1. The van der Waals surface area contributed by atoms with Gasteiger partial charge in [0.1, 0.15) is 0 Å². The minimum absolute atomic E-state index is 0.00701. The zero-order valence-corrected chi connectivity index (χ0v) is 11.8. The van der Waals surface area contributed by atoms with Crippen molar-refractivity contribution in [3.8, 4) is 0 Å². The normalized spacial score (nSPS) is 14.4. The molecule has 0 bridgehead atoms. The smallest absolute Gasteiger partial charge is 0.225 e. The molecule has 2 aromatic rings. The van der Waals surface area contributed by atoms with Gasteiger partial charge in [0, 0.05) is 30.6 Å². The van der Waals surface area contributed by atoms with E-state index >= 15 is 0 Å². The lowest BCUT2D eigenvalue weighted by atomic mass is 10.2. The first-order chi connectivity index (χ1) is 9.74. The van der Waals surface area contributed by atoms with E-state index in [1.807, 2.05) is 12.1 Å². The van der Waals surface area contributed by atoms with Gasteiger partial charge in [-0.1, -0.05) is 11.6 Å². The molecule has 2 N–H and O–H groups in total. The van der Waals surface area contributed by atoms with Crippen molar-refractivity contribution in [3.63, 3.8) is 0 Å². The second-order valence-electron chi connectivity index (χ2n) is 5.02. The summed E-state index contributed by atoms with van der Waals surface area (Å²) in [5.41, 5.74) is 1.44. The Morgan fingerprint density at radius 3 is 3.00 bits per heavy atom. The number of pyridine rings is 1. The third kappa shape index (κ3) is 3.08. The predicted octanol–water partition coefficient (Wildman–Crippen LogP) is 2.97. The average molecular weight is 290 g/mol. The van der Waals surface area contributed by atoms with Crippen LogP contribution in [-0.4, -0.2) is 23.5 Å². The first-order valence-electron chi connectivity index (χ1n) is 6.80. The van der Waals surface area contributed by atoms with Crippen molar-refractivity contribution in [2.75, 3.05) is 11.9 Å². The number of amides is 1. The number of hydrogen-bond donors (Lipinski definition) is 2. The molecule has 1 saturated carbocycles. The standard InChI is InChI=1S/C15H16ClN3O/c16-12-5-6-13(15-11(12)2-1-8-18-15)19-14(20)7-9-17-10-3-4-10/h1-2,5-6,8,10,17H,3-4,7,9H2,(H,19,20). The molecule has 0 unspecified atom stereocenters. The van der Waals surface area contributed by atoms with Crippen LogP contribution in [0.25, 0.3) is 10.9 Å². The number of aromatic nitrogens is 1. The summed E-state index contributed by atoms with van der Waals surface area (Å²) in [6, 6.07) is 7.93. The van der Waals surface area contributed by atoms with E-state index in [1.54, 1.807) is 18.3 Å². The van der Waals surface area contributed by atoms with Gasteiger partial charge in [0.05, 0.1) is 16.2 Å². The van der Waals surface area contributed by atoms with E-state index in [0.29, 0.717) is 23.2 Å². The summed E-state index contributed by atoms with van der Waals surface area (Å²) in [5.74, 6) is -0.00701. The Balaban J connectivity index is 1.70. The molecule has 104 valence electrons. The molecule has 1 amide bonds. The van der Waals surface area contributed by atoms with Gasteiger partial charge in [-0.25, -0.2) is 0 Å². The van der Waals surface area contributed by atoms with E-state index in [9.17, 15) is 4.79 Å². The van der Waals surface area contributed by atoms with Crippen LogP contribution in [0.3, 0.4) is 0 Å². The van der Waals surface area contributed by atoms with Crippen molar-refractivity contribution in [2.45, 2.75) is 25.3 Å². The van der Waals surface area contributed by atoms with Gasteiger partial charge in [-0.05, 0) is 37.1 Å². The number of carbonyl (C=O) groups excluding carboxylic acids is 1. The minimum Gasteiger partial charge on any atom is -0.324 e. The summed E-state index contributed by atoms with van der Waals surface area (Å²) in [6.45, 7) is 0.718. The van der Waals surface area contributed by atoms with Crippen LogP contribution in [0, 0.1) is 0 Å². The van der Waals surface area contributed by atoms with Gasteiger partial charge in [0.2, 0.25) is 5.91 Å². The van der Waals surface area contributed by atoms with Crippen molar-refractivity contribution in [1.29, 1.82) is 0 Å². The summed E-state index contributed by atoms with van der Waals surface area (Å²) in [5, 5.41) is 7.72. The van der Waals surface area contributed by atoms with E-state index in [1.165, 1.54) is 12.8 Å². The lowest BCUT2D eigenvalue weighted by molar-refractivity contribution is -0.116. The van der Waals surface area contributed by atoms with Crippen LogP contribution < -0.4 is 10.6 Å². The van der Waals surface area contributed by atoms with Crippen LogP contribution in [0.15, 0.2) is 30.5 Å². The summed E-state index contributed by atoms with van der Waals surface area (Å²) < 4.78 is 0. The molecule has 1 aliphatic rings.